The minimum Gasteiger partial charge on any atom is -0.368 e. The number of carbonyl (C=O) groups is 1. The van der Waals surface area contributed by atoms with Crippen molar-refractivity contribution in [3.8, 4) is 0 Å². The summed E-state index contributed by atoms with van der Waals surface area (Å²) >= 11 is 5.49. The van der Waals surface area contributed by atoms with Crippen molar-refractivity contribution in [3.05, 3.63) is 17.0 Å². The number of hydrogen-bond donors (Lipinski definition) is 2. The number of anilines is 1. The molecule has 106 valence electrons. The lowest BCUT2D eigenvalue weighted by Crippen LogP contribution is -2.39. The van der Waals surface area contributed by atoms with Crippen molar-refractivity contribution in [3.63, 3.8) is 0 Å². The van der Waals surface area contributed by atoms with E-state index in [1.807, 2.05) is 0 Å². The number of hydrogen-bond acceptors (Lipinski definition) is 4. The lowest BCUT2D eigenvalue weighted by molar-refractivity contribution is -0.144. The van der Waals surface area contributed by atoms with Crippen LogP contribution in [0.2, 0.25) is 5.15 Å². The van der Waals surface area contributed by atoms with Gasteiger partial charge >= 0.3 is 6.18 Å². The highest BCUT2D eigenvalue weighted by molar-refractivity contribution is 6.29. The van der Waals surface area contributed by atoms with Gasteiger partial charge in [0.05, 0.1) is 0 Å². The predicted molar refractivity (Wildman–Crippen MR) is 63.5 cm³/mol. The zero-order chi connectivity index (χ0) is 14.8. The van der Waals surface area contributed by atoms with E-state index in [0.29, 0.717) is 0 Å². The molecule has 0 aliphatic heterocycles. The normalized spacial score (nSPS) is 13.4. The summed E-state index contributed by atoms with van der Waals surface area (Å²) in [6.45, 7) is 3.38. The van der Waals surface area contributed by atoms with Crippen LogP contribution in [-0.2, 0) is 11.0 Å². The standard InChI is InChI=1S/C10H12ClF3N4O/c1-4(2)7(8(15)19)17-6-3-5(11)16-9(18-6)10(12,13)14/h3-4,7H,1-2H3,(H2,15,19)(H,16,17,18). The van der Waals surface area contributed by atoms with E-state index in [9.17, 15) is 18.0 Å². The second-order valence-corrected chi connectivity index (χ2v) is 4.55. The number of carbonyl (C=O) groups excluding carboxylic acids is 1. The Hall–Kier alpha value is -1.57. The molecule has 1 unspecified atom stereocenters. The Morgan fingerprint density at radius 2 is 2.00 bits per heavy atom. The maximum atomic E-state index is 12.5. The van der Waals surface area contributed by atoms with Crippen LogP contribution in [0.5, 0.6) is 0 Å². The van der Waals surface area contributed by atoms with Gasteiger partial charge in [0, 0.05) is 6.07 Å². The minimum atomic E-state index is -4.72. The van der Waals surface area contributed by atoms with Gasteiger partial charge in [0.1, 0.15) is 17.0 Å². The first-order chi connectivity index (χ1) is 8.61. The Morgan fingerprint density at radius 1 is 1.42 bits per heavy atom. The third kappa shape index (κ3) is 4.23. The Morgan fingerprint density at radius 3 is 2.42 bits per heavy atom. The smallest absolute Gasteiger partial charge is 0.368 e. The number of halogens is 4. The number of amides is 1. The molecule has 3 N–H and O–H groups in total. The molecule has 1 atom stereocenters. The summed E-state index contributed by atoms with van der Waals surface area (Å²) in [6.07, 6.45) is -4.72. The van der Waals surface area contributed by atoms with Crippen molar-refractivity contribution in [2.24, 2.45) is 11.7 Å². The Bertz CT molecular complexity index is 478. The largest absolute Gasteiger partial charge is 0.451 e. The molecule has 9 heteroatoms. The summed E-state index contributed by atoms with van der Waals surface area (Å²) in [4.78, 5) is 17.5. The average molecular weight is 297 g/mol. The van der Waals surface area contributed by atoms with Gasteiger partial charge in [0.15, 0.2) is 0 Å². The number of aromatic nitrogens is 2. The molecule has 0 spiro atoms. The summed E-state index contributed by atoms with van der Waals surface area (Å²) in [5.41, 5.74) is 5.15. The monoisotopic (exact) mass is 296 g/mol. The molecule has 0 fully saturated rings. The summed E-state index contributed by atoms with van der Waals surface area (Å²) in [5.74, 6) is -2.50. The highest BCUT2D eigenvalue weighted by atomic mass is 35.5. The number of rotatable bonds is 4. The van der Waals surface area contributed by atoms with Crippen LogP contribution in [0, 0.1) is 5.92 Å². The maximum Gasteiger partial charge on any atom is 0.451 e. The number of nitrogens with one attached hydrogen (secondary N) is 1. The van der Waals surface area contributed by atoms with Gasteiger partial charge in [-0.05, 0) is 5.92 Å². The third-order valence-corrected chi connectivity index (χ3v) is 2.42. The SMILES string of the molecule is CC(C)C(Nc1cc(Cl)nc(C(F)(F)F)n1)C(N)=O. The topological polar surface area (TPSA) is 80.9 Å². The van der Waals surface area contributed by atoms with Crippen LogP contribution in [0.1, 0.15) is 19.7 Å². The van der Waals surface area contributed by atoms with E-state index in [-0.39, 0.29) is 16.9 Å². The van der Waals surface area contributed by atoms with Gasteiger partial charge in [-0.3, -0.25) is 4.79 Å². The number of nitrogens with two attached hydrogens (primary N) is 1. The molecule has 19 heavy (non-hydrogen) atoms. The predicted octanol–water partition coefficient (Wildman–Crippen LogP) is 2.07. The van der Waals surface area contributed by atoms with Gasteiger partial charge in [-0.1, -0.05) is 25.4 Å². The molecule has 5 nitrogen and oxygen atoms in total. The molecule has 0 saturated carbocycles. The Kier molecular flexibility index (Phi) is 4.56. The molecule has 1 aromatic heterocycles. The van der Waals surface area contributed by atoms with E-state index in [0.717, 1.165) is 6.07 Å². The lowest BCUT2D eigenvalue weighted by Gasteiger charge is -2.20. The number of alkyl halides is 3. The van der Waals surface area contributed by atoms with Crippen LogP contribution in [0.4, 0.5) is 19.0 Å². The zero-order valence-electron chi connectivity index (χ0n) is 10.1. The first kappa shape index (κ1) is 15.5. The maximum absolute atomic E-state index is 12.5. The van der Waals surface area contributed by atoms with Crippen molar-refractivity contribution in [2.75, 3.05) is 5.32 Å². The third-order valence-electron chi connectivity index (χ3n) is 2.23. The van der Waals surface area contributed by atoms with E-state index < -0.39 is 23.9 Å². The molecule has 0 aliphatic rings. The lowest BCUT2D eigenvalue weighted by atomic mass is 10.0. The molecular weight excluding hydrogens is 285 g/mol. The average Bonchev–Trinajstić information content (AvgIpc) is 2.23. The molecule has 0 aliphatic carbocycles. The summed E-state index contributed by atoms with van der Waals surface area (Å²) < 4.78 is 37.5. The van der Waals surface area contributed by atoms with Crippen LogP contribution in [0.15, 0.2) is 6.07 Å². The van der Waals surface area contributed by atoms with Gasteiger partial charge in [0.2, 0.25) is 11.7 Å². The van der Waals surface area contributed by atoms with E-state index >= 15 is 0 Å². The molecule has 1 aromatic rings. The van der Waals surface area contributed by atoms with Crippen molar-refractivity contribution >= 4 is 23.3 Å². The van der Waals surface area contributed by atoms with Crippen molar-refractivity contribution in [1.29, 1.82) is 0 Å². The highest BCUT2D eigenvalue weighted by Gasteiger charge is 2.35. The van der Waals surface area contributed by atoms with Crippen LogP contribution in [0.3, 0.4) is 0 Å². The zero-order valence-corrected chi connectivity index (χ0v) is 10.9. The number of nitrogens with zero attached hydrogens (tertiary/aromatic N) is 2. The molecule has 0 bridgehead atoms. The molecular formula is C10H12ClF3N4O. The first-order valence-corrected chi connectivity index (χ1v) is 5.66. The fourth-order valence-electron chi connectivity index (χ4n) is 1.34. The van der Waals surface area contributed by atoms with E-state index in [2.05, 4.69) is 15.3 Å². The Labute approximate surface area is 112 Å². The van der Waals surface area contributed by atoms with E-state index in [1.54, 1.807) is 13.8 Å². The van der Waals surface area contributed by atoms with Crippen LogP contribution in [-0.4, -0.2) is 21.9 Å². The van der Waals surface area contributed by atoms with Crippen LogP contribution in [0.25, 0.3) is 0 Å². The second kappa shape index (κ2) is 5.60. The minimum absolute atomic E-state index is 0.204. The van der Waals surface area contributed by atoms with Gasteiger partial charge < -0.3 is 11.1 Å². The number of primary amides is 1. The van der Waals surface area contributed by atoms with Crippen LogP contribution >= 0.6 is 11.6 Å². The summed E-state index contributed by atoms with van der Waals surface area (Å²) in [5, 5.41) is 2.14. The van der Waals surface area contributed by atoms with Crippen LogP contribution < -0.4 is 11.1 Å². The highest BCUT2D eigenvalue weighted by Crippen LogP contribution is 2.28. The second-order valence-electron chi connectivity index (χ2n) is 4.17. The van der Waals surface area contributed by atoms with E-state index in [1.165, 1.54) is 0 Å². The molecule has 0 saturated heterocycles. The van der Waals surface area contributed by atoms with Gasteiger partial charge in [-0.2, -0.15) is 13.2 Å². The molecule has 1 rings (SSSR count). The van der Waals surface area contributed by atoms with Gasteiger partial charge in [-0.25, -0.2) is 9.97 Å². The fourth-order valence-corrected chi connectivity index (χ4v) is 1.53. The van der Waals surface area contributed by atoms with Crippen molar-refractivity contribution in [1.82, 2.24) is 9.97 Å². The molecule has 1 amide bonds. The van der Waals surface area contributed by atoms with Gasteiger partial charge in [-0.15, -0.1) is 0 Å². The fraction of sp³-hybridized carbons (Fsp3) is 0.500. The summed E-state index contributed by atoms with van der Waals surface area (Å²) in [7, 11) is 0. The summed E-state index contributed by atoms with van der Waals surface area (Å²) in [6, 6.07) is 0.238. The molecule has 0 radical (unpaired) electrons. The van der Waals surface area contributed by atoms with Crippen molar-refractivity contribution in [2.45, 2.75) is 26.1 Å². The first-order valence-electron chi connectivity index (χ1n) is 5.29. The van der Waals surface area contributed by atoms with Gasteiger partial charge in [0.25, 0.3) is 0 Å². The molecule has 0 aromatic carbocycles. The quantitative estimate of drug-likeness (QED) is 0.834. The van der Waals surface area contributed by atoms with Crippen molar-refractivity contribution < 1.29 is 18.0 Å². The Balaban J connectivity index is 3.08. The van der Waals surface area contributed by atoms with E-state index in [4.69, 9.17) is 17.3 Å². The molecule has 1 heterocycles.